The molecule has 2 heterocycles. The number of anilines is 2. The maximum atomic E-state index is 13.1. The third kappa shape index (κ3) is 4.01. The second kappa shape index (κ2) is 7.35. The number of hydrogen-bond acceptors (Lipinski definition) is 5. The number of fused-ring (bicyclic) bond motifs is 1. The predicted octanol–water partition coefficient (Wildman–Crippen LogP) is 4.50. The van der Waals surface area contributed by atoms with Crippen LogP contribution in [0.1, 0.15) is 49.0 Å². The summed E-state index contributed by atoms with van der Waals surface area (Å²) in [4.78, 5) is 19.4. The second-order valence-electron chi connectivity index (χ2n) is 8.73. The topological polar surface area (TPSA) is 85.2 Å². The molecule has 29 heavy (non-hydrogen) atoms. The summed E-state index contributed by atoms with van der Waals surface area (Å²) in [5.41, 5.74) is 10.4. The predicted molar refractivity (Wildman–Crippen MR) is 114 cm³/mol. The Morgan fingerprint density at radius 3 is 2.66 bits per heavy atom. The average molecular weight is 390 g/mol. The van der Waals surface area contributed by atoms with Gasteiger partial charge in [-0.1, -0.05) is 44.1 Å². The summed E-state index contributed by atoms with van der Waals surface area (Å²) < 4.78 is 5.37. The molecule has 0 saturated heterocycles. The Morgan fingerprint density at radius 1 is 1.17 bits per heavy atom. The van der Waals surface area contributed by atoms with Crippen LogP contribution in [0.15, 0.2) is 47.0 Å². The standard InChI is InChI=1S/C23H26N4O2/c1-23(2,3)14-20-25-21(26-29-20)15-9-11-16(12-10-15)22(28)27-13-5-6-17-18(24)7-4-8-19(17)27/h4,7-12H,5-6,13-14,24H2,1-3H3. The molecule has 0 atom stereocenters. The van der Waals surface area contributed by atoms with Crippen molar-refractivity contribution >= 4 is 17.3 Å². The minimum atomic E-state index is -0.0235. The highest BCUT2D eigenvalue weighted by Crippen LogP contribution is 2.32. The molecule has 2 aromatic carbocycles. The first-order chi connectivity index (χ1) is 13.8. The third-order valence-corrected chi connectivity index (χ3v) is 5.07. The maximum absolute atomic E-state index is 13.1. The second-order valence-corrected chi connectivity index (χ2v) is 8.73. The number of benzene rings is 2. The summed E-state index contributed by atoms with van der Waals surface area (Å²) in [6, 6.07) is 13.1. The highest BCUT2D eigenvalue weighted by molar-refractivity contribution is 6.07. The summed E-state index contributed by atoms with van der Waals surface area (Å²) in [5, 5.41) is 4.08. The fourth-order valence-corrected chi connectivity index (χ4v) is 3.68. The minimum absolute atomic E-state index is 0.0235. The smallest absolute Gasteiger partial charge is 0.258 e. The SMILES string of the molecule is CC(C)(C)Cc1nc(-c2ccc(C(=O)N3CCCc4c(N)cccc43)cc2)no1. The molecule has 0 saturated carbocycles. The fourth-order valence-electron chi connectivity index (χ4n) is 3.68. The van der Waals surface area contributed by atoms with E-state index in [0.717, 1.165) is 35.3 Å². The summed E-state index contributed by atoms with van der Waals surface area (Å²) in [5.74, 6) is 1.14. The van der Waals surface area contributed by atoms with Crippen LogP contribution in [0.4, 0.5) is 11.4 Å². The molecule has 150 valence electrons. The van der Waals surface area contributed by atoms with Crippen molar-refractivity contribution in [3.05, 3.63) is 59.5 Å². The Bertz CT molecular complexity index is 1030. The van der Waals surface area contributed by atoms with Crippen LogP contribution < -0.4 is 10.6 Å². The Morgan fingerprint density at radius 2 is 1.93 bits per heavy atom. The molecule has 2 N–H and O–H groups in total. The lowest BCUT2D eigenvalue weighted by Gasteiger charge is -2.30. The number of aromatic nitrogens is 2. The summed E-state index contributed by atoms with van der Waals surface area (Å²) in [6.45, 7) is 7.08. The number of carbonyl (C=O) groups excluding carboxylic acids is 1. The largest absolute Gasteiger partial charge is 0.398 e. The van der Waals surface area contributed by atoms with Crippen molar-refractivity contribution in [3.8, 4) is 11.4 Å². The van der Waals surface area contributed by atoms with Crippen LogP contribution in [0.2, 0.25) is 0 Å². The molecule has 6 heteroatoms. The van der Waals surface area contributed by atoms with E-state index < -0.39 is 0 Å². The molecule has 0 fully saturated rings. The quantitative estimate of drug-likeness (QED) is 0.666. The Labute approximate surface area is 170 Å². The van der Waals surface area contributed by atoms with Gasteiger partial charge >= 0.3 is 0 Å². The highest BCUT2D eigenvalue weighted by Gasteiger charge is 2.25. The lowest BCUT2D eigenvalue weighted by atomic mass is 9.92. The molecule has 0 radical (unpaired) electrons. The number of nitrogen functional groups attached to an aromatic ring is 1. The summed E-state index contributed by atoms with van der Waals surface area (Å²) >= 11 is 0. The van der Waals surface area contributed by atoms with E-state index in [0.29, 0.717) is 30.2 Å². The minimum Gasteiger partial charge on any atom is -0.398 e. The lowest BCUT2D eigenvalue weighted by Crippen LogP contribution is -2.35. The van der Waals surface area contributed by atoms with Crippen LogP contribution in [0.3, 0.4) is 0 Å². The number of rotatable bonds is 3. The van der Waals surface area contributed by atoms with Crippen molar-refractivity contribution in [2.45, 2.75) is 40.0 Å². The van der Waals surface area contributed by atoms with E-state index in [2.05, 4.69) is 30.9 Å². The van der Waals surface area contributed by atoms with Gasteiger partial charge in [0.15, 0.2) is 0 Å². The van der Waals surface area contributed by atoms with Gasteiger partial charge in [-0.15, -0.1) is 0 Å². The van der Waals surface area contributed by atoms with E-state index in [1.54, 1.807) is 0 Å². The molecule has 0 unspecified atom stereocenters. The van der Waals surface area contributed by atoms with Gasteiger partial charge in [-0.2, -0.15) is 4.98 Å². The Balaban J connectivity index is 1.55. The Hall–Kier alpha value is -3.15. The van der Waals surface area contributed by atoms with E-state index in [1.807, 2.05) is 47.4 Å². The molecule has 1 aliphatic rings. The average Bonchev–Trinajstić information content (AvgIpc) is 3.14. The van der Waals surface area contributed by atoms with E-state index in [1.165, 1.54) is 0 Å². The molecule has 1 aliphatic heterocycles. The molecule has 0 spiro atoms. The maximum Gasteiger partial charge on any atom is 0.258 e. The molecule has 0 bridgehead atoms. The van der Waals surface area contributed by atoms with Crippen molar-refractivity contribution < 1.29 is 9.32 Å². The lowest BCUT2D eigenvalue weighted by molar-refractivity contribution is 0.0985. The van der Waals surface area contributed by atoms with Crippen LogP contribution in [0.25, 0.3) is 11.4 Å². The summed E-state index contributed by atoms with van der Waals surface area (Å²) in [6.07, 6.45) is 2.53. The number of amides is 1. The normalized spacial score (nSPS) is 14.0. The first-order valence-corrected chi connectivity index (χ1v) is 9.94. The van der Waals surface area contributed by atoms with Crippen molar-refractivity contribution in [1.82, 2.24) is 10.1 Å². The number of nitrogens with two attached hydrogens (primary N) is 1. The van der Waals surface area contributed by atoms with Gasteiger partial charge in [0, 0.05) is 35.5 Å². The zero-order valence-electron chi connectivity index (χ0n) is 17.1. The number of nitrogens with zero attached hydrogens (tertiary/aromatic N) is 3. The molecule has 4 rings (SSSR count). The van der Waals surface area contributed by atoms with E-state index in [9.17, 15) is 4.79 Å². The van der Waals surface area contributed by atoms with Crippen molar-refractivity contribution in [2.75, 3.05) is 17.2 Å². The van der Waals surface area contributed by atoms with Gasteiger partial charge in [0.25, 0.3) is 5.91 Å². The van der Waals surface area contributed by atoms with Crippen LogP contribution in [-0.2, 0) is 12.8 Å². The first-order valence-electron chi connectivity index (χ1n) is 9.94. The van der Waals surface area contributed by atoms with Crippen molar-refractivity contribution in [1.29, 1.82) is 0 Å². The molecule has 3 aromatic rings. The van der Waals surface area contributed by atoms with Crippen molar-refractivity contribution in [3.63, 3.8) is 0 Å². The van der Waals surface area contributed by atoms with Gasteiger partial charge in [-0.05, 0) is 48.1 Å². The van der Waals surface area contributed by atoms with Gasteiger partial charge in [0.05, 0.1) is 0 Å². The molecular weight excluding hydrogens is 364 g/mol. The molecule has 1 aromatic heterocycles. The van der Waals surface area contributed by atoms with Crippen LogP contribution in [0.5, 0.6) is 0 Å². The zero-order chi connectivity index (χ0) is 20.6. The third-order valence-electron chi connectivity index (χ3n) is 5.07. The van der Waals surface area contributed by atoms with Crippen molar-refractivity contribution in [2.24, 2.45) is 5.41 Å². The first kappa shape index (κ1) is 19.2. The van der Waals surface area contributed by atoms with Crippen LogP contribution >= 0.6 is 0 Å². The van der Waals surface area contributed by atoms with Crippen LogP contribution in [-0.4, -0.2) is 22.6 Å². The molecule has 1 amide bonds. The van der Waals surface area contributed by atoms with Gasteiger partial charge in [-0.3, -0.25) is 4.79 Å². The zero-order valence-corrected chi connectivity index (χ0v) is 17.1. The molecule has 6 nitrogen and oxygen atoms in total. The highest BCUT2D eigenvalue weighted by atomic mass is 16.5. The monoisotopic (exact) mass is 390 g/mol. The number of carbonyl (C=O) groups is 1. The van der Waals surface area contributed by atoms with E-state index >= 15 is 0 Å². The van der Waals surface area contributed by atoms with E-state index in [4.69, 9.17) is 10.3 Å². The summed E-state index contributed by atoms with van der Waals surface area (Å²) in [7, 11) is 0. The Kier molecular flexibility index (Phi) is 4.86. The molecular formula is C23H26N4O2. The molecule has 0 aliphatic carbocycles. The van der Waals surface area contributed by atoms with Gasteiger partial charge < -0.3 is 15.2 Å². The van der Waals surface area contributed by atoms with E-state index in [-0.39, 0.29) is 11.3 Å². The number of hydrogen-bond donors (Lipinski definition) is 1. The van der Waals surface area contributed by atoms with Crippen LogP contribution in [0, 0.1) is 5.41 Å². The van der Waals surface area contributed by atoms with Gasteiger partial charge in [0.2, 0.25) is 11.7 Å². The van der Waals surface area contributed by atoms with Gasteiger partial charge in [0.1, 0.15) is 0 Å². The fraction of sp³-hybridized carbons (Fsp3) is 0.348. The van der Waals surface area contributed by atoms with Gasteiger partial charge in [-0.25, -0.2) is 0 Å².